The molecule has 0 fully saturated rings. The summed E-state index contributed by atoms with van der Waals surface area (Å²) in [5.74, 6) is 0.187. The molecule has 0 bridgehead atoms. The Morgan fingerprint density at radius 3 is 2.90 bits per heavy atom. The number of sulfonamides is 1. The van der Waals surface area contributed by atoms with Crippen molar-refractivity contribution in [2.75, 3.05) is 5.75 Å². The van der Waals surface area contributed by atoms with E-state index in [1.54, 1.807) is 6.07 Å². The lowest BCUT2D eigenvalue weighted by atomic mass is 9.88. The number of primary sulfonamides is 1. The SMILES string of the molecule is Cn1c(SCC(=O)NC2CCCc3ccccc32)nc2cc(S(N)(=O)=O)ccc21. The van der Waals surface area contributed by atoms with Gasteiger partial charge >= 0.3 is 0 Å². The molecule has 1 aliphatic carbocycles. The zero-order valence-corrected chi connectivity index (χ0v) is 17.6. The predicted molar refractivity (Wildman–Crippen MR) is 113 cm³/mol. The highest BCUT2D eigenvalue weighted by Gasteiger charge is 2.22. The summed E-state index contributed by atoms with van der Waals surface area (Å²) in [5, 5.41) is 8.97. The number of aryl methyl sites for hydroxylation is 2. The number of nitrogens with one attached hydrogen (secondary N) is 1. The van der Waals surface area contributed by atoms with Crippen molar-refractivity contribution in [3.8, 4) is 0 Å². The van der Waals surface area contributed by atoms with Gasteiger partial charge in [-0.15, -0.1) is 0 Å². The zero-order valence-electron chi connectivity index (χ0n) is 16.0. The van der Waals surface area contributed by atoms with Crippen molar-refractivity contribution in [2.24, 2.45) is 12.2 Å². The molecule has 0 saturated carbocycles. The topological polar surface area (TPSA) is 107 Å². The van der Waals surface area contributed by atoms with Crippen molar-refractivity contribution in [1.29, 1.82) is 0 Å². The van der Waals surface area contributed by atoms with Gasteiger partial charge < -0.3 is 9.88 Å². The smallest absolute Gasteiger partial charge is 0.238 e. The maximum Gasteiger partial charge on any atom is 0.238 e. The van der Waals surface area contributed by atoms with Crippen molar-refractivity contribution in [1.82, 2.24) is 14.9 Å². The van der Waals surface area contributed by atoms with E-state index in [-0.39, 0.29) is 22.6 Å². The number of nitrogens with two attached hydrogens (primary N) is 1. The van der Waals surface area contributed by atoms with Crippen LogP contribution in [-0.4, -0.2) is 29.6 Å². The standard InChI is InChI=1S/C20H22N4O3S2/c1-24-18-10-9-14(29(21,26)27)11-17(18)23-20(24)28-12-19(25)22-16-8-4-6-13-5-2-3-7-15(13)16/h2-3,5,7,9-11,16H,4,6,8,12H2,1H3,(H,22,25)(H2,21,26,27). The minimum absolute atomic E-state index is 0.0216. The van der Waals surface area contributed by atoms with Crippen LogP contribution in [0.2, 0.25) is 0 Å². The van der Waals surface area contributed by atoms with Gasteiger partial charge in [-0.1, -0.05) is 36.0 Å². The molecule has 1 aromatic heterocycles. The van der Waals surface area contributed by atoms with Crippen LogP contribution in [0.25, 0.3) is 11.0 Å². The largest absolute Gasteiger partial charge is 0.349 e. The van der Waals surface area contributed by atoms with Crippen LogP contribution in [0, 0.1) is 0 Å². The van der Waals surface area contributed by atoms with E-state index < -0.39 is 10.0 Å². The molecule has 3 N–H and O–H groups in total. The molecule has 0 radical (unpaired) electrons. The number of amides is 1. The summed E-state index contributed by atoms with van der Waals surface area (Å²) >= 11 is 1.32. The van der Waals surface area contributed by atoms with Gasteiger partial charge in [0.15, 0.2) is 5.16 Å². The lowest BCUT2D eigenvalue weighted by Gasteiger charge is -2.26. The van der Waals surface area contributed by atoms with Gasteiger partial charge in [0.25, 0.3) is 0 Å². The summed E-state index contributed by atoms with van der Waals surface area (Å²) in [7, 11) is -1.95. The fourth-order valence-electron chi connectivity index (χ4n) is 3.73. The molecule has 0 aliphatic heterocycles. The van der Waals surface area contributed by atoms with Gasteiger partial charge in [-0.3, -0.25) is 4.79 Å². The molecule has 1 atom stereocenters. The second kappa shape index (κ2) is 7.81. The first kappa shape index (κ1) is 19.9. The number of benzene rings is 2. The second-order valence-corrected chi connectivity index (χ2v) is 9.65. The molecular formula is C20H22N4O3S2. The molecule has 1 aliphatic rings. The summed E-state index contributed by atoms with van der Waals surface area (Å²) in [4.78, 5) is 17.0. The fraction of sp³-hybridized carbons (Fsp3) is 0.300. The van der Waals surface area contributed by atoms with E-state index in [1.807, 2.05) is 23.7 Å². The van der Waals surface area contributed by atoms with Gasteiger partial charge in [0, 0.05) is 7.05 Å². The molecule has 1 amide bonds. The van der Waals surface area contributed by atoms with Crippen LogP contribution >= 0.6 is 11.8 Å². The van der Waals surface area contributed by atoms with Crippen LogP contribution in [0.5, 0.6) is 0 Å². The molecule has 152 valence electrons. The van der Waals surface area contributed by atoms with E-state index in [9.17, 15) is 13.2 Å². The number of imidazole rings is 1. The normalized spacial score (nSPS) is 16.6. The van der Waals surface area contributed by atoms with Crippen LogP contribution in [-0.2, 0) is 28.3 Å². The first-order valence-electron chi connectivity index (χ1n) is 9.32. The second-order valence-electron chi connectivity index (χ2n) is 7.15. The van der Waals surface area contributed by atoms with E-state index in [1.165, 1.54) is 35.0 Å². The number of aromatic nitrogens is 2. The molecule has 0 saturated heterocycles. The van der Waals surface area contributed by atoms with Crippen molar-refractivity contribution in [3.63, 3.8) is 0 Å². The van der Waals surface area contributed by atoms with Crippen LogP contribution in [0.15, 0.2) is 52.5 Å². The van der Waals surface area contributed by atoms with Crippen molar-refractivity contribution >= 4 is 38.7 Å². The van der Waals surface area contributed by atoms with Gasteiger partial charge in [-0.25, -0.2) is 18.5 Å². The Labute approximate surface area is 173 Å². The van der Waals surface area contributed by atoms with Crippen LogP contribution in [0.3, 0.4) is 0 Å². The molecule has 29 heavy (non-hydrogen) atoms. The highest BCUT2D eigenvalue weighted by molar-refractivity contribution is 7.99. The van der Waals surface area contributed by atoms with Crippen molar-refractivity contribution in [3.05, 3.63) is 53.6 Å². The van der Waals surface area contributed by atoms with Gasteiger partial charge in [0.1, 0.15) is 0 Å². The first-order chi connectivity index (χ1) is 13.8. The molecular weight excluding hydrogens is 408 g/mol. The quantitative estimate of drug-likeness (QED) is 0.605. The van der Waals surface area contributed by atoms with Crippen LogP contribution < -0.4 is 10.5 Å². The summed E-state index contributed by atoms with van der Waals surface area (Å²) in [5.41, 5.74) is 3.82. The first-order valence-corrected chi connectivity index (χ1v) is 11.9. The number of carbonyl (C=O) groups is 1. The third-order valence-electron chi connectivity index (χ3n) is 5.18. The molecule has 3 aromatic rings. The van der Waals surface area contributed by atoms with Crippen LogP contribution in [0.4, 0.5) is 0 Å². The number of fused-ring (bicyclic) bond motifs is 2. The van der Waals surface area contributed by atoms with Gasteiger partial charge in [0.2, 0.25) is 15.9 Å². The Morgan fingerprint density at radius 2 is 2.10 bits per heavy atom. The highest BCUT2D eigenvalue weighted by Crippen LogP contribution is 2.30. The van der Waals surface area contributed by atoms with Crippen LogP contribution in [0.1, 0.15) is 30.0 Å². The third-order valence-corrected chi connectivity index (χ3v) is 7.12. The monoisotopic (exact) mass is 430 g/mol. The van der Waals surface area contributed by atoms with Gasteiger partial charge in [-0.2, -0.15) is 0 Å². The molecule has 9 heteroatoms. The minimum Gasteiger partial charge on any atom is -0.349 e. The number of hydrogen-bond donors (Lipinski definition) is 2. The molecule has 0 spiro atoms. The average Bonchev–Trinajstić information content (AvgIpc) is 3.01. The third kappa shape index (κ3) is 4.17. The van der Waals surface area contributed by atoms with E-state index in [0.29, 0.717) is 10.7 Å². The Morgan fingerprint density at radius 1 is 1.31 bits per heavy atom. The number of nitrogens with zero attached hydrogens (tertiary/aromatic N) is 2. The Bertz CT molecular complexity index is 1190. The van der Waals surface area contributed by atoms with E-state index in [0.717, 1.165) is 24.8 Å². The van der Waals surface area contributed by atoms with E-state index in [4.69, 9.17) is 5.14 Å². The lowest BCUT2D eigenvalue weighted by molar-refractivity contribution is -0.119. The molecule has 4 rings (SSSR count). The van der Waals surface area contributed by atoms with Crippen molar-refractivity contribution in [2.45, 2.75) is 35.4 Å². The molecule has 1 heterocycles. The number of thioether (sulfide) groups is 1. The summed E-state index contributed by atoms with van der Waals surface area (Å²) in [6.07, 6.45) is 3.06. The summed E-state index contributed by atoms with van der Waals surface area (Å²) in [6.45, 7) is 0. The Kier molecular flexibility index (Phi) is 5.37. The molecule has 7 nitrogen and oxygen atoms in total. The number of rotatable bonds is 5. The fourth-order valence-corrected chi connectivity index (χ4v) is 5.07. The predicted octanol–water partition coefficient (Wildman–Crippen LogP) is 2.51. The van der Waals surface area contributed by atoms with Crippen molar-refractivity contribution < 1.29 is 13.2 Å². The number of hydrogen-bond acceptors (Lipinski definition) is 5. The summed E-state index contributed by atoms with van der Waals surface area (Å²) < 4.78 is 24.9. The van der Waals surface area contributed by atoms with Gasteiger partial charge in [0.05, 0.1) is 27.7 Å². The Hall–Kier alpha value is -2.36. The summed E-state index contributed by atoms with van der Waals surface area (Å²) in [6, 6.07) is 12.9. The highest BCUT2D eigenvalue weighted by atomic mass is 32.2. The van der Waals surface area contributed by atoms with Gasteiger partial charge in [-0.05, 0) is 48.6 Å². The number of carbonyl (C=O) groups excluding carboxylic acids is 1. The lowest BCUT2D eigenvalue weighted by Crippen LogP contribution is -2.32. The van der Waals surface area contributed by atoms with E-state index in [2.05, 4.69) is 22.4 Å². The maximum absolute atomic E-state index is 12.5. The molecule has 2 aromatic carbocycles. The zero-order chi connectivity index (χ0) is 20.6. The minimum atomic E-state index is -3.78. The van der Waals surface area contributed by atoms with E-state index >= 15 is 0 Å². The average molecular weight is 431 g/mol. The maximum atomic E-state index is 12.5. The molecule has 1 unspecified atom stereocenters. The Balaban J connectivity index is 1.46.